The van der Waals surface area contributed by atoms with E-state index in [1.165, 1.54) is 11.9 Å². The molecule has 11 heteroatoms. The molecule has 1 saturated heterocycles. The minimum absolute atomic E-state index is 0.0463. The van der Waals surface area contributed by atoms with E-state index in [4.69, 9.17) is 5.11 Å². The number of hydrogen-bond donors (Lipinski definition) is 4. The number of rotatable bonds is 10. The van der Waals surface area contributed by atoms with Gasteiger partial charge in [0.1, 0.15) is 23.5 Å². The molecule has 10 nitrogen and oxygen atoms in total. The van der Waals surface area contributed by atoms with Gasteiger partial charge in [0.05, 0.1) is 12.6 Å². The summed E-state index contributed by atoms with van der Waals surface area (Å²) in [5.41, 5.74) is 0.977. The van der Waals surface area contributed by atoms with Crippen LogP contribution in [0.1, 0.15) is 63.5 Å². The predicted octanol–water partition coefficient (Wildman–Crippen LogP) is 2.31. The summed E-state index contributed by atoms with van der Waals surface area (Å²) in [5.74, 6) is -0.609. The minimum Gasteiger partial charge on any atom is -0.395 e. The molecule has 1 aliphatic carbocycles. The number of benzene rings is 1. The van der Waals surface area contributed by atoms with Gasteiger partial charge in [0, 0.05) is 25.0 Å². The van der Waals surface area contributed by atoms with Crippen LogP contribution < -0.4 is 16.0 Å². The molecule has 0 bridgehead atoms. The Balaban J connectivity index is 1.44. The van der Waals surface area contributed by atoms with Crippen LogP contribution in [0, 0.1) is 5.92 Å². The number of aliphatic hydroxyl groups is 1. The van der Waals surface area contributed by atoms with Crippen LogP contribution >= 0.6 is 11.9 Å². The van der Waals surface area contributed by atoms with E-state index in [0.29, 0.717) is 19.5 Å². The summed E-state index contributed by atoms with van der Waals surface area (Å²) in [4.78, 5) is 41.9. The second-order valence-corrected chi connectivity index (χ2v) is 10.9. The van der Waals surface area contributed by atoms with Crippen molar-refractivity contribution in [2.75, 3.05) is 19.7 Å². The summed E-state index contributed by atoms with van der Waals surface area (Å²) in [6.07, 6.45) is 6.25. The Morgan fingerprint density at radius 3 is 2.59 bits per heavy atom. The minimum atomic E-state index is -0.664. The zero-order valence-corrected chi connectivity index (χ0v) is 22.2. The van der Waals surface area contributed by atoms with Gasteiger partial charge < -0.3 is 26.0 Å². The zero-order chi connectivity index (χ0) is 26.2. The summed E-state index contributed by atoms with van der Waals surface area (Å²) in [5, 5.41) is 22.1. The van der Waals surface area contributed by atoms with Gasteiger partial charge in [-0.25, -0.2) is 0 Å². The largest absolute Gasteiger partial charge is 0.395 e. The molecule has 0 radical (unpaired) electrons. The second kappa shape index (κ2) is 13.3. The zero-order valence-electron chi connectivity index (χ0n) is 21.3. The Kier molecular flexibility index (Phi) is 9.93. The molecule has 4 N–H and O–H groups in total. The summed E-state index contributed by atoms with van der Waals surface area (Å²) >= 11 is 1.23. The Morgan fingerprint density at radius 2 is 1.86 bits per heavy atom. The first-order valence-corrected chi connectivity index (χ1v) is 14.2. The van der Waals surface area contributed by atoms with Crippen molar-refractivity contribution in [3.05, 3.63) is 35.9 Å². The van der Waals surface area contributed by atoms with Crippen molar-refractivity contribution in [3.8, 4) is 0 Å². The average Bonchev–Trinajstić information content (AvgIpc) is 3.61. The van der Waals surface area contributed by atoms with E-state index in [1.807, 2.05) is 30.3 Å². The first-order valence-electron chi connectivity index (χ1n) is 13.4. The highest BCUT2D eigenvalue weighted by Crippen LogP contribution is 2.36. The van der Waals surface area contributed by atoms with Crippen molar-refractivity contribution in [2.45, 2.75) is 81.4 Å². The molecule has 3 aliphatic rings. The molecule has 0 aromatic heterocycles. The van der Waals surface area contributed by atoms with E-state index in [9.17, 15) is 14.4 Å². The van der Waals surface area contributed by atoms with Gasteiger partial charge in [0.2, 0.25) is 17.7 Å². The topological polar surface area (TPSA) is 135 Å². The van der Waals surface area contributed by atoms with E-state index in [1.54, 1.807) is 11.8 Å². The van der Waals surface area contributed by atoms with Crippen LogP contribution in [0.3, 0.4) is 0 Å². The summed E-state index contributed by atoms with van der Waals surface area (Å²) in [6.45, 7) is 2.44. The lowest BCUT2D eigenvalue weighted by Gasteiger charge is -2.35. The summed E-state index contributed by atoms with van der Waals surface area (Å²) in [6, 6.07) is 7.67. The fourth-order valence-corrected chi connectivity index (χ4v) is 6.22. The van der Waals surface area contributed by atoms with Crippen molar-refractivity contribution >= 4 is 29.7 Å². The number of aliphatic hydroxyl groups excluding tert-OH is 1. The lowest BCUT2D eigenvalue weighted by Crippen LogP contribution is -2.58. The number of likely N-dealkylation sites (tertiary alicyclic amines) is 1. The number of carbonyl (C=O) groups excluding carboxylic acids is 3. The summed E-state index contributed by atoms with van der Waals surface area (Å²) in [7, 11) is 0. The molecule has 4 rings (SSSR count). The molecule has 1 saturated carbocycles. The third-order valence-electron chi connectivity index (χ3n) is 7.52. The van der Waals surface area contributed by atoms with E-state index in [0.717, 1.165) is 44.1 Å². The molecule has 1 aromatic rings. The molecule has 2 fully saturated rings. The monoisotopic (exact) mass is 530 g/mol. The first kappa shape index (κ1) is 27.5. The third kappa shape index (κ3) is 6.88. The predicted molar refractivity (Wildman–Crippen MR) is 141 cm³/mol. The van der Waals surface area contributed by atoms with Crippen molar-refractivity contribution in [3.63, 3.8) is 0 Å². The molecule has 5 atom stereocenters. The fraction of sp³-hybridized carbons (Fsp3) is 0.654. The van der Waals surface area contributed by atoms with Crippen LogP contribution in [0.2, 0.25) is 0 Å². The van der Waals surface area contributed by atoms with Crippen LogP contribution in [0.25, 0.3) is 0 Å². The lowest BCUT2D eigenvalue weighted by atomic mass is 9.83. The highest BCUT2D eigenvalue weighted by Gasteiger charge is 2.42. The van der Waals surface area contributed by atoms with Gasteiger partial charge in [-0.05, 0) is 44.1 Å². The molecule has 2 aliphatic heterocycles. The standard InChI is InChI=1S/C26H38N6O4S/c1-17(27-14-16-33)23(34)28-22(19-11-6-3-7-12-19)26(36)32-15-8-13-20(32)24(35)29-25-21(30-31-37-25)18-9-4-2-5-10-18/h2,4-5,9-10,17,19-22,25,27,33H,3,6-8,11-16H2,1H3,(H,28,34)(H,29,35)/t17-,20+,21?,22+,25?/m1/s1. The maximum Gasteiger partial charge on any atom is 0.246 e. The van der Waals surface area contributed by atoms with Crippen LogP contribution in [-0.2, 0) is 14.4 Å². The smallest absolute Gasteiger partial charge is 0.246 e. The second-order valence-electron chi connectivity index (χ2n) is 10.1. The normalized spacial score (nSPS) is 25.6. The first-order chi connectivity index (χ1) is 18.0. The Morgan fingerprint density at radius 1 is 1.11 bits per heavy atom. The number of carbonyl (C=O) groups is 3. The molecule has 3 amide bonds. The molecule has 37 heavy (non-hydrogen) atoms. The molecule has 2 heterocycles. The molecule has 202 valence electrons. The van der Waals surface area contributed by atoms with Crippen LogP contribution in [0.5, 0.6) is 0 Å². The SMILES string of the molecule is C[C@@H](NCCO)C(=O)N[C@H](C(=O)N1CCC[C@H]1C(=O)NC1SN=NC1c1ccccc1)C1CCCCC1. The van der Waals surface area contributed by atoms with Crippen molar-refractivity contribution in [2.24, 2.45) is 15.6 Å². The average molecular weight is 531 g/mol. The van der Waals surface area contributed by atoms with Crippen LogP contribution in [0.4, 0.5) is 0 Å². The molecule has 2 unspecified atom stereocenters. The van der Waals surface area contributed by atoms with Gasteiger partial charge in [-0.1, -0.05) is 49.6 Å². The van der Waals surface area contributed by atoms with Gasteiger partial charge in [0.25, 0.3) is 0 Å². The van der Waals surface area contributed by atoms with E-state index in [-0.39, 0.29) is 41.7 Å². The van der Waals surface area contributed by atoms with Crippen LogP contribution in [0.15, 0.2) is 40.0 Å². The highest BCUT2D eigenvalue weighted by atomic mass is 32.2. The maximum absolute atomic E-state index is 13.9. The van der Waals surface area contributed by atoms with Gasteiger partial charge in [-0.15, -0.1) is 4.52 Å². The number of hydrogen-bond acceptors (Lipinski definition) is 8. The van der Waals surface area contributed by atoms with Crippen molar-refractivity contribution in [1.82, 2.24) is 20.9 Å². The highest BCUT2D eigenvalue weighted by molar-refractivity contribution is 7.98. The van der Waals surface area contributed by atoms with Crippen molar-refractivity contribution in [1.29, 1.82) is 0 Å². The number of nitrogens with one attached hydrogen (secondary N) is 3. The Labute approximate surface area is 222 Å². The number of amides is 3. The van der Waals surface area contributed by atoms with E-state index < -0.39 is 18.1 Å². The van der Waals surface area contributed by atoms with Gasteiger partial charge in [-0.2, -0.15) is 5.11 Å². The quantitative estimate of drug-likeness (QED) is 0.343. The number of nitrogens with zero attached hydrogens (tertiary/aromatic N) is 3. The van der Waals surface area contributed by atoms with Crippen molar-refractivity contribution < 1.29 is 19.5 Å². The lowest BCUT2D eigenvalue weighted by molar-refractivity contribution is -0.143. The summed E-state index contributed by atoms with van der Waals surface area (Å²) < 4.78 is 4.09. The van der Waals surface area contributed by atoms with Gasteiger partial charge >= 0.3 is 0 Å². The van der Waals surface area contributed by atoms with E-state index >= 15 is 0 Å². The fourth-order valence-electron chi connectivity index (χ4n) is 5.46. The maximum atomic E-state index is 13.9. The Bertz CT molecular complexity index is 958. The third-order valence-corrected chi connectivity index (χ3v) is 8.32. The molecule has 1 aromatic carbocycles. The Hall–Kier alpha value is -2.50. The molecular weight excluding hydrogens is 492 g/mol. The van der Waals surface area contributed by atoms with E-state index in [2.05, 4.69) is 25.6 Å². The van der Waals surface area contributed by atoms with Crippen LogP contribution in [-0.4, -0.2) is 70.9 Å². The molecule has 0 spiro atoms. The molecular formula is C26H38N6O4S. The van der Waals surface area contributed by atoms with Gasteiger partial charge in [0.15, 0.2) is 0 Å². The van der Waals surface area contributed by atoms with Gasteiger partial charge in [-0.3, -0.25) is 14.4 Å².